The average Bonchev–Trinajstić information content (AvgIpc) is 2.62. The van der Waals surface area contributed by atoms with E-state index in [1.165, 1.54) is 0 Å². The quantitative estimate of drug-likeness (QED) is 0.864. The van der Waals surface area contributed by atoms with E-state index in [-0.39, 0.29) is 12.7 Å². The number of fused-ring (bicyclic) bond motifs is 1. The van der Waals surface area contributed by atoms with Crippen LogP contribution in [0.5, 0.6) is 5.75 Å². The van der Waals surface area contributed by atoms with Crippen LogP contribution >= 0.6 is 0 Å². The molecule has 1 aliphatic rings. The highest BCUT2D eigenvalue weighted by Gasteiger charge is 2.36. The van der Waals surface area contributed by atoms with Crippen molar-refractivity contribution < 1.29 is 22.1 Å². The van der Waals surface area contributed by atoms with Crippen LogP contribution in [-0.2, 0) is 25.6 Å². The predicted octanol–water partition coefficient (Wildman–Crippen LogP) is 2.13. The lowest BCUT2D eigenvalue weighted by Crippen LogP contribution is -2.40. The molecular weight excluding hydrogens is 306 g/mol. The molecule has 1 aliphatic heterocycles. The van der Waals surface area contributed by atoms with Gasteiger partial charge in [-0.05, 0) is 18.1 Å². The summed E-state index contributed by atoms with van der Waals surface area (Å²) in [5, 5.41) is 4.85. The van der Waals surface area contributed by atoms with Crippen LogP contribution in [-0.4, -0.2) is 26.9 Å². The summed E-state index contributed by atoms with van der Waals surface area (Å²) in [4.78, 5) is 0. The molecule has 124 valence electrons. The van der Waals surface area contributed by atoms with Crippen LogP contribution in [0.25, 0.3) is 0 Å². The third-order valence-corrected chi connectivity index (χ3v) is 4.36. The summed E-state index contributed by atoms with van der Waals surface area (Å²) in [6.45, 7) is 4.01. The van der Waals surface area contributed by atoms with Gasteiger partial charge in [0, 0.05) is 19.3 Å². The molecule has 0 saturated heterocycles. The Kier molecular flexibility index (Phi) is 5.44. The van der Waals surface area contributed by atoms with Crippen molar-refractivity contribution in [1.29, 1.82) is 0 Å². The van der Waals surface area contributed by atoms with Gasteiger partial charge in [-0.15, -0.1) is 0 Å². The van der Waals surface area contributed by atoms with E-state index in [9.17, 15) is 8.42 Å². The largest absolute Gasteiger partial charge is 0.462 e. The highest BCUT2D eigenvalue weighted by Crippen LogP contribution is 2.35. The highest BCUT2D eigenvalue weighted by atomic mass is 32.2. The summed E-state index contributed by atoms with van der Waals surface area (Å²) in [5.74, 6) is 0.125. The Labute approximate surface area is 131 Å². The summed E-state index contributed by atoms with van der Waals surface area (Å²) in [5.41, 5.74) is 1.05. The Morgan fingerprint density at radius 1 is 1.32 bits per heavy atom. The van der Waals surface area contributed by atoms with E-state index in [4.69, 9.17) is 14.6 Å². The molecule has 1 aromatic carbocycles. The van der Waals surface area contributed by atoms with Crippen LogP contribution in [0.4, 0.5) is 0 Å². The van der Waals surface area contributed by atoms with Gasteiger partial charge < -0.3 is 9.47 Å². The summed E-state index contributed by atoms with van der Waals surface area (Å²) >= 11 is 0. The van der Waals surface area contributed by atoms with Crippen LogP contribution in [0.1, 0.15) is 38.7 Å². The zero-order chi connectivity index (χ0) is 16.2. The zero-order valence-corrected chi connectivity index (χ0v) is 13.8. The summed E-state index contributed by atoms with van der Waals surface area (Å²) in [6.07, 6.45) is 2.28. The number of hydrogen-bond acceptors (Lipinski definition) is 5. The second-order valence-electron chi connectivity index (χ2n) is 5.38. The molecule has 0 fully saturated rings. The van der Waals surface area contributed by atoms with E-state index in [0.717, 1.165) is 11.3 Å². The third-order valence-electron chi connectivity index (χ3n) is 3.86. The van der Waals surface area contributed by atoms with Crippen molar-refractivity contribution in [3.05, 3.63) is 29.8 Å². The van der Waals surface area contributed by atoms with Crippen molar-refractivity contribution in [1.82, 2.24) is 0 Å². The molecule has 1 heterocycles. The van der Waals surface area contributed by atoms with Crippen LogP contribution in [0, 0.1) is 0 Å². The maximum absolute atomic E-state index is 10.9. The lowest BCUT2D eigenvalue weighted by Gasteiger charge is -2.33. The van der Waals surface area contributed by atoms with E-state index in [1.807, 2.05) is 38.1 Å². The Morgan fingerprint density at radius 2 is 2.00 bits per heavy atom. The fourth-order valence-corrected chi connectivity index (χ4v) is 2.93. The Hall–Kier alpha value is -1.15. The van der Waals surface area contributed by atoms with Crippen molar-refractivity contribution in [3.8, 4) is 5.75 Å². The van der Waals surface area contributed by atoms with E-state index in [1.54, 1.807) is 0 Å². The number of ether oxygens (including phenoxy) is 2. The molecule has 7 heteroatoms. The first-order valence-corrected chi connectivity index (χ1v) is 8.96. The van der Waals surface area contributed by atoms with Crippen molar-refractivity contribution in [3.63, 3.8) is 0 Å². The molecule has 1 aromatic rings. The fourth-order valence-electron chi connectivity index (χ4n) is 2.60. The second kappa shape index (κ2) is 6.95. The molecule has 0 aliphatic carbocycles. The Bertz CT molecular complexity index is 598. The number of para-hydroxylation sites is 1. The Morgan fingerprint density at radius 3 is 2.64 bits per heavy atom. The van der Waals surface area contributed by atoms with Gasteiger partial charge in [0.2, 0.25) is 5.79 Å². The van der Waals surface area contributed by atoms with Crippen LogP contribution in [0.3, 0.4) is 0 Å². The maximum Gasteiger partial charge on any atom is 0.333 e. The topological polar surface area (TPSA) is 87.9 Å². The average molecular weight is 329 g/mol. The highest BCUT2D eigenvalue weighted by molar-refractivity contribution is 7.84. The molecule has 1 atom stereocenters. The molecule has 2 rings (SSSR count). The first-order chi connectivity index (χ1) is 10.4. The lowest BCUT2D eigenvalue weighted by molar-refractivity contribution is -0.211. The molecule has 0 bridgehead atoms. The van der Waals surface area contributed by atoms with Gasteiger partial charge in [-0.3, -0.25) is 4.18 Å². The van der Waals surface area contributed by atoms with Crippen molar-refractivity contribution in [2.75, 3.05) is 6.61 Å². The minimum atomic E-state index is -3.92. The number of rotatable bonds is 6. The molecule has 0 aromatic heterocycles. The molecule has 0 saturated carbocycles. The first kappa shape index (κ1) is 17.2. The van der Waals surface area contributed by atoms with Gasteiger partial charge in [0.1, 0.15) is 5.75 Å². The number of hydrogen-bond donors (Lipinski definition) is 1. The molecule has 0 radical (unpaired) electrons. The summed E-state index contributed by atoms with van der Waals surface area (Å²) in [7, 11) is -3.92. The molecule has 22 heavy (non-hydrogen) atoms. The van der Waals surface area contributed by atoms with Gasteiger partial charge in [-0.2, -0.15) is 8.42 Å². The van der Waals surface area contributed by atoms with Gasteiger partial charge in [-0.1, -0.05) is 32.0 Å². The molecule has 0 spiro atoms. The van der Waals surface area contributed by atoms with E-state index in [2.05, 4.69) is 4.18 Å². The first-order valence-electron chi connectivity index (χ1n) is 7.49. The zero-order valence-electron chi connectivity index (χ0n) is 12.9. The smallest absolute Gasteiger partial charge is 0.333 e. The number of benzene rings is 1. The predicted molar refractivity (Wildman–Crippen MR) is 82.6 cm³/mol. The van der Waals surface area contributed by atoms with Crippen molar-refractivity contribution in [2.45, 2.75) is 51.4 Å². The van der Waals surface area contributed by atoms with Gasteiger partial charge in [0.05, 0.1) is 12.7 Å². The molecule has 2 N–H and O–H groups in total. The van der Waals surface area contributed by atoms with Crippen molar-refractivity contribution in [2.24, 2.45) is 5.14 Å². The monoisotopic (exact) mass is 329 g/mol. The van der Waals surface area contributed by atoms with Gasteiger partial charge in [0.25, 0.3) is 0 Å². The lowest BCUT2D eigenvalue weighted by atomic mass is 10.1. The Balaban J connectivity index is 2.16. The molecular formula is C15H23NO5S. The molecule has 6 nitrogen and oxygen atoms in total. The van der Waals surface area contributed by atoms with Crippen LogP contribution < -0.4 is 9.88 Å². The molecule has 0 amide bonds. The van der Waals surface area contributed by atoms with Crippen LogP contribution in [0.2, 0.25) is 0 Å². The second-order valence-corrected chi connectivity index (χ2v) is 6.60. The SMILES string of the molecule is CCC1(CC)Oc2ccccc2CC(CCOS(N)(=O)=O)O1. The number of nitrogens with two attached hydrogens (primary N) is 1. The minimum absolute atomic E-state index is 0.00479. The normalized spacial score (nSPS) is 20.8. The van der Waals surface area contributed by atoms with Gasteiger partial charge in [0.15, 0.2) is 0 Å². The maximum atomic E-state index is 10.9. The summed E-state index contributed by atoms with van der Waals surface area (Å²) in [6, 6.07) is 7.81. The van der Waals surface area contributed by atoms with E-state index in [0.29, 0.717) is 25.7 Å². The standard InChI is InChI=1S/C15H23NO5S/c1-3-15(4-2)20-13(9-10-19-22(16,17)18)11-12-7-5-6-8-14(12)21-15/h5-8,13H,3-4,9-11H2,1-2H3,(H2,16,17,18). The fraction of sp³-hybridized carbons (Fsp3) is 0.600. The van der Waals surface area contributed by atoms with Crippen LogP contribution in [0.15, 0.2) is 24.3 Å². The van der Waals surface area contributed by atoms with E-state index >= 15 is 0 Å². The molecule has 1 unspecified atom stereocenters. The summed E-state index contributed by atoms with van der Waals surface area (Å²) < 4.78 is 38.6. The van der Waals surface area contributed by atoms with Gasteiger partial charge in [-0.25, -0.2) is 5.14 Å². The minimum Gasteiger partial charge on any atom is -0.462 e. The van der Waals surface area contributed by atoms with Crippen molar-refractivity contribution >= 4 is 10.3 Å². The third kappa shape index (κ3) is 4.42. The van der Waals surface area contributed by atoms with E-state index < -0.39 is 16.1 Å². The van der Waals surface area contributed by atoms with Gasteiger partial charge >= 0.3 is 10.3 Å².